The minimum Gasteiger partial charge on any atom is -0.307 e. The van der Waals surface area contributed by atoms with Crippen LogP contribution in [0.3, 0.4) is 0 Å². The van der Waals surface area contributed by atoms with Crippen molar-refractivity contribution in [3.8, 4) is 0 Å². The Morgan fingerprint density at radius 1 is 0.913 bits per heavy atom. The predicted octanol–water partition coefficient (Wildman–Crippen LogP) is 2.83. The van der Waals surface area contributed by atoms with Gasteiger partial charge in [-0.3, -0.25) is 5.10 Å². The van der Waals surface area contributed by atoms with Gasteiger partial charge in [-0.15, -0.1) is 0 Å². The summed E-state index contributed by atoms with van der Waals surface area (Å²) in [5.41, 5.74) is 3.27. The van der Waals surface area contributed by atoms with E-state index in [2.05, 4.69) is 38.5 Å². The van der Waals surface area contributed by atoms with E-state index in [4.69, 9.17) is 0 Å². The summed E-state index contributed by atoms with van der Waals surface area (Å²) in [6.45, 7) is 0. The number of hydrogen-bond donors (Lipinski definition) is 1. The fraction of sp³-hybridized carbons (Fsp3) is 0.167. The highest BCUT2D eigenvalue weighted by Crippen LogP contribution is 2.09. The molecule has 0 aliphatic heterocycles. The van der Waals surface area contributed by atoms with Crippen LogP contribution in [0, 0.1) is 0 Å². The highest BCUT2D eigenvalue weighted by Gasteiger charge is 2.06. The first-order chi connectivity index (χ1) is 11.4. The highest BCUT2D eigenvalue weighted by molar-refractivity contribution is 5.39. The molecule has 0 saturated carbocycles. The quantitative estimate of drug-likeness (QED) is 0.617. The number of aromatic nitrogens is 5. The van der Waals surface area contributed by atoms with Crippen LogP contribution in [0.15, 0.2) is 60.9 Å². The van der Waals surface area contributed by atoms with Gasteiger partial charge in [0.25, 0.3) is 0 Å². The van der Waals surface area contributed by atoms with Gasteiger partial charge in [0.15, 0.2) is 5.82 Å². The van der Waals surface area contributed by atoms with E-state index in [-0.39, 0.29) is 0 Å². The molecule has 4 aromatic rings. The molecule has 0 amide bonds. The third-order valence-corrected chi connectivity index (χ3v) is 3.81. The third kappa shape index (κ3) is 3.13. The number of imidazole rings is 1. The highest BCUT2D eigenvalue weighted by atomic mass is 15.2. The van der Waals surface area contributed by atoms with Gasteiger partial charge < -0.3 is 4.40 Å². The van der Waals surface area contributed by atoms with Crippen molar-refractivity contribution in [3.63, 3.8) is 0 Å². The van der Waals surface area contributed by atoms with Gasteiger partial charge in [0.05, 0.1) is 5.69 Å². The number of nitrogens with one attached hydrogen (secondary N) is 1. The van der Waals surface area contributed by atoms with Crippen LogP contribution >= 0.6 is 0 Å². The zero-order valence-corrected chi connectivity index (χ0v) is 12.7. The van der Waals surface area contributed by atoms with Crippen molar-refractivity contribution >= 4 is 5.65 Å². The van der Waals surface area contributed by atoms with Gasteiger partial charge in [-0.2, -0.15) is 5.10 Å². The number of H-pyrrole nitrogens is 1. The molecule has 0 aliphatic carbocycles. The number of aromatic amines is 1. The first kappa shape index (κ1) is 13.7. The Labute approximate surface area is 134 Å². The molecular weight excluding hydrogens is 286 g/mol. The van der Waals surface area contributed by atoms with Crippen molar-refractivity contribution in [1.29, 1.82) is 0 Å². The maximum Gasteiger partial charge on any atom is 0.151 e. The second-order valence-corrected chi connectivity index (χ2v) is 5.56. The Balaban J connectivity index is 1.41. The third-order valence-electron chi connectivity index (χ3n) is 3.81. The topological polar surface area (TPSA) is 58.9 Å². The van der Waals surface area contributed by atoms with E-state index < -0.39 is 0 Å². The molecular formula is C18H17N5. The van der Waals surface area contributed by atoms with Gasteiger partial charge in [-0.05, 0) is 24.1 Å². The van der Waals surface area contributed by atoms with Crippen LogP contribution < -0.4 is 0 Å². The van der Waals surface area contributed by atoms with Crippen LogP contribution in [0.1, 0.15) is 22.9 Å². The van der Waals surface area contributed by atoms with Crippen LogP contribution in [0.25, 0.3) is 5.65 Å². The van der Waals surface area contributed by atoms with E-state index in [0.717, 1.165) is 42.3 Å². The smallest absolute Gasteiger partial charge is 0.151 e. The Kier molecular flexibility index (Phi) is 3.60. The number of pyridine rings is 1. The van der Waals surface area contributed by atoms with Gasteiger partial charge >= 0.3 is 0 Å². The van der Waals surface area contributed by atoms with Gasteiger partial charge in [0, 0.05) is 25.2 Å². The van der Waals surface area contributed by atoms with Crippen LogP contribution in [0.5, 0.6) is 0 Å². The Morgan fingerprint density at radius 2 is 1.78 bits per heavy atom. The summed E-state index contributed by atoms with van der Waals surface area (Å²) in [4.78, 5) is 9.17. The Hall–Kier alpha value is -2.95. The van der Waals surface area contributed by atoms with Gasteiger partial charge in [-0.1, -0.05) is 36.4 Å². The molecule has 0 unspecified atom stereocenters. The fourth-order valence-corrected chi connectivity index (χ4v) is 2.66. The van der Waals surface area contributed by atoms with Crippen molar-refractivity contribution in [2.45, 2.75) is 19.3 Å². The van der Waals surface area contributed by atoms with E-state index in [1.807, 2.05) is 47.0 Å². The van der Waals surface area contributed by atoms with E-state index in [9.17, 15) is 0 Å². The molecule has 114 valence electrons. The lowest BCUT2D eigenvalue weighted by Gasteiger charge is -1.95. The van der Waals surface area contributed by atoms with Gasteiger partial charge in [-0.25, -0.2) is 9.97 Å². The van der Waals surface area contributed by atoms with Gasteiger partial charge in [0.1, 0.15) is 11.5 Å². The Bertz CT molecular complexity index is 874. The number of benzene rings is 1. The Morgan fingerprint density at radius 3 is 2.65 bits per heavy atom. The molecule has 1 aromatic carbocycles. The zero-order valence-electron chi connectivity index (χ0n) is 12.7. The fourth-order valence-electron chi connectivity index (χ4n) is 2.66. The molecule has 5 heteroatoms. The maximum atomic E-state index is 4.60. The molecule has 1 N–H and O–H groups in total. The summed E-state index contributed by atoms with van der Waals surface area (Å²) in [5.74, 6) is 1.74. The second-order valence-electron chi connectivity index (χ2n) is 5.56. The van der Waals surface area contributed by atoms with Crippen molar-refractivity contribution in [1.82, 2.24) is 24.6 Å². The predicted molar refractivity (Wildman–Crippen MR) is 88.2 cm³/mol. The number of fused-ring (bicyclic) bond motifs is 1. The molecule has 5 nitrogen and oxygen atoms in total. The molecule has 0 radical (unpaired) electrons. The minimum absolute atomic E-state index is 0.780. The monoisotopic (exact) mass is 303 g/mol. The van der Waals surface area contributed by atoms with Crippen LogP contribution in [0.4, 0.5) is 0 Å². The van der Waals surface area contributed by atoms with Crippen molar-refractivity contribution in [2.24, 2.45) is 0 Å². The summed E-state index contributed by atoms with van der Waals surface area (Å²) in [6.07, 6.45) is 6.48. The summed E-state index contributed by atoms with van der Waals surface area (Å²) >= 11 is 0. The van der Waals surface area contributed by atoms with E-state index in [1.165, 1.54) is 5.56 Å². The van der Waals surface area contributed by atoms with E-state index >= 15 is 0 Å². The molecule has 3 aromatic heterocycles. The normalized spacial score (nSPS) is 11.1. The molecule has 0 bridgehead atoms. The largest absolute Gasteiger partial charge is 0.307 e. The summed E-state index contributed by atoms with van der Waals surface area (Å²) in [5, 5.41) is 7.34. The zero-order chi connectivity index (χ0) is 15.5. The SMILES string of the molecule is c1ccc(Cc2nc(CCc3cn4ccccc4n3)n[nH]2)cc1. The van der Waals surface area contributed by atoms with E-state index in [0.29, 0.717) is 0 Å². The minimum atomic E-state index is 0.780. The van der Waals surface area contributed by atoms with Crippen LogP contribution in [-0.2, 0) is 19.3 Å². The first-order valence-corrected chi connectivity index (χ1v) is 7.73. The standard InChI is InChI=1S/C18H17N5/c1-2-6-14(7-3-1)12-17-20-16(21-22-17)10-9-15-13-23-11-5-4-8-18(23)19-15/h1-8,11,13H,9-10,12H2,(H,20,21,22). The molecule has 23 heavy (non-hydrogen) atoms. The number of hydrogen-bond acceptors (Lipinski definition) is 3. The summed E-state index contributed by atoms with van der Waals surface area (Å²) in [7, 11) is 0. The van der Waals surface area contributed by atoms with E-state index in [1.54, 1.807) is 0 Å². The van der Waals surface area contributed by atoms with Crippen molar-refractivity contribution < 1.29 is 0 Å². The number of nitrogens with zero attached hydrogens (tertiary/aromatic N) is 4. The lowest BCUT2D eigenvalue weighted by molar-refractivity contribution is 0.848. The molecule has 0 spiro atoms. The molecule has 0 aliphatic rings. The second kappa shape index (κ2) is 6.04. The maximum absolute atomic E-state index is 4.60. The average Bonchev–Trinajstić information content (AvgIpc) is 3.20. The van der Waals surface area contributed by atoms with Crippen molar-refractivity contribution in [2.75, 3.05) is 0 Å². The molecule has 0 fully saturated rings. The number of aryl methyl sites for hydroxylation is 2. The average molecular weight is 303 g/mol. The van der Waals surface area contributed by atoms with Crippen molar-refractivity contribution in [3.05, 3.63) is 83.8 Å². The van der Waals surface area contributed by atoms with Crippen LogP contribution in [0.2, 0.25) is 0 Å². The molecule has 0 saturated heterocycles. The molecule has 0 atom stereocenters. The van der Waals surface area contributed by atoms with Crippen LogP contribution in [-0.4, -0.2) is 24.6 Å². The van der Waals surface area contributed by atoms with Gasteiger partial charge in [0.2, 0.25) is 0 Å². The molecule has 4 rings (SSSR count). The summed E-state index contributed by atoms with van der Waals surface area (Å²) < 4.78 is 2.04. The lowest BCUT2D eigenvalue weighted by atomic mass is 10.1. The number of rotatable bonds is 5. The molecule has 3 heterocycles. The first-order valence-electron chi connectivity index (χ1n) is 7.73. The lowest BCUT2D eigenvalue weighted by Crippen LogP contribution is -1.94. The summed E-state index contributed by atoms with van der Waals surface area (Å²) in [6, 6.07) is 16.3.